The molecule has 0 aliphatic carbocycles. The van der Waals surface area contributed by atoms with Crippen molar-refractivity contribution in [3.05, 3.63) is 109 Å². The zero-order valence-corrected chi connectivity index (χ0v) is 39.8. The molecule has 350 valence electrons. The lowest BCUT2D eigenvalue weighted by Gasteiger charge is -2.18. The molecule has 0 aromatic carbocycles. The van der Waals surface area contributed by atoms with Crippen molar-refractivity contribution in [3.63, 3.8) is 0 Å². The number of hydrogen-bond donors (Lipinski definition) is 0. The number of rotatable bonds is 43. The second-order valence-electron chi connectivity index (χ2n) is 16.1. The van der Waals surface area contributed by atoms with Crippen LogP contribution in [0.15, 0.2) is 109 Å². The summed E-state index contributed by atoms with van der Waals surface area (Å²) in [6.45, 7) is 6.29. The Morgan fingerprint density at radius 2 is 0.710 bits per heavy atom. The summed E-state index contributed by atoms with van der Waals surface area (Å²) >= 11 is 0. The molecule has 0 aliphatic rings. The van der Waals surface area contributed by atoms with E-state index in [2.05, 4.69) is 81.5 Å². The van der Waals surface area contributed by atoms with Gasteiger partial charge in [0.2, 0.25) is 0 Å². The molecule has 0 radical (unpaired) electrons. The Labute approximate surface area is 380 Å². The first-order valence-electron chi connectivity index (χ1n) is 25.0. The molecule has 0 saturated carbocycles. The Balaban J connectivity index is 4.53. The molecular weight excluding hydrogens is 769 g/mol. The summed E-state index contributed by atoms with van der Waals surface area (Å²) in [7, 11) is 0. The second-order valence-corrected chi connectivity index (χ2v) is 16.1. The van der Waals surface area contributed by atoms with Crippen LogP contribution in [0, 0.1) is 0 Å². The summed E-state index contributed by atoms with van der Waals surface area (Å²) in [5.74, 6) is -0.982. The minimum Gasteiger partial charge on any atom is -0.462 e. The van der Waals surface area contributed by atoms with E-state index >= 15 is 0 Å². The van der Waals surface area contributed by atoms with E-state index in [-0.39, 0.29) is 31.1 Å². The van der Waals surface area contributed by atoms with Crippen LogP contribution in [0.2, 0.25) is 0 Å². The summed E-state index contributed by atoms with van der Waals surface area (Å²) in [5, 5.41) is 0. The molecule has 0 aliphatic heterocycles. The van der Waals surface area contributed by atoms with E-state index in [1.54, 1.807) is 0 Å². The Kier molecular flexibility index (Phi) is 46.6. The molecule has 6 heteroatoms. The minimum absolute atomic E-state index is 0.108. The monoisotopic (exact) mass is 859 g/mol. The molecule has 6 nitrogen and oxygen atoms in total. The van der Waals surface area contributed by atoms with Crippen molar-refractivity contribution in [2.75, 3.05) is 13.2 Å². The molecule has 0 fully saturated rings. The van der Waals surface area contributed by atoms with Gasteiger partial charge < -0.3 is 14.2 Å². The fourth-order valence-electron chi connectivity index (χ4n) is 6.41. The van der Waals surface area contributed by atoms with Gasteiger partial charge in [-0.25, -0.2) is 0 Å². The van der Waals surface area contributed by atoms with Crippen molar-refractivity contribution in [1.82, 2.24) is 0 Å². The predicted octanol–water partition coefficient (Wildman–Crippen LogP) is 16.4. The molecule has 0 rings (SSSR count). The molecule has 1 unspecified atom stereocenters. The van der Waals surface area contributed by atoms with Gasteiger partial charge in [-0.05, 0) is 96.3 Å². The molecule has 0 aromatic rings. The Hall–Kier alpha value is -3.93. The molecule has 0 heterocycles. The van der Waals surface area contributed by atoms with E-state index in [0.717, 1.165) is 103 Å². The summed E-state index contributed by atoms with van der Waals surface area (Å²) in [6.07, 6.45) is 66.4. The van der Waals surface area contributed by atoms with Crippen LogP contribution in [-0.2, 0) is 28.6 Å². The fourth-order valence-corrected chi connectivity index (χ4v) is 6.41. The number of ether oxygens (including phenoxy) is 3. The SMILES string of the molecule is CC\C=C/C=C\C=C/C=C\C=C/CCCCCC(=O)OCC(COC(=O)CCCCCC/C=C\C/C=C\C/C=C\CC)OC(=O)CCCCCCCCC/C=C\CCCCCC. The molecule has 0 spiro atoms. The van der Waals surface area contributed by atoms with Crippen molar-refractivity contribution in [1.29, 1.82) is 0 Å². The van der Waals surface area contributed by atoms with Gasteiger partial charge in [0.15, 0.2) is 6.10 Å². The highest BCUT2D eigenvalue weighted by Crippen LogP contribution is 2.13. The fraction of sp³-hybridized carbons (Fsp3) is 0.625. The lowest BCUT2D eigenvalue weighted by molar-refractivity contribution is -0.167. The van der Waals surface area contributed by atoms with E-state index in [0.29, 0.717) is 19.3 Å². The molecule has 62 heavy (non-hydrogen) atoms. The largest absolute Gasteiger partial charge is 0.462 e. The number of carbonyl (C=O) groups is 3. The maximum Gasteiger partial charge on any atom is 0.306 e. The first-order chi connectivity index (χ1) is 30.5. The van der Waals surface area contributed by atoms with Crippen LogP contribution < -0.4 is 0 Å². The quantitative estimate of drug-likeness (QED) is 0.0200. The Bertz CT molecular complexity index is 1310. The predicted molar refractivity (Wildman–Crippen MR) is 265 cm³/mol. The summed E-state index contributed by atoms with van der Waals surface area (Å²) in [4.78, 5) is 37.9. The maximum absolute atomic E-state index is 12.8. The highest BCUT2D eigenvalue weighted by Gasteiger charge is 2.19. The number of allylic oxidation sites excluding steroid dienone is 18. The van der Waals surface area contributed by atoms with Gasteiger partial charge in [0.05, 0.1) is 0 Å². The molecule has 0 aromatic heterocycles. The summed E-state index contributed by atoms with van der Waals surface area (Å²) < 4.78 is 16.7. The summed E-state index contributed by atoms with van der Waals surface area (Å²) in [6, 6.07) is 0. The smallest absolute Gasteiger partial charge is 0.306 e. The zero-order chi connectivity index (χ0) is 45.1. The van der Waals surface area contributed by atoms with E-state index in [1.165, 1.54) is 64.2 Å². The van der Waals surface area contributed by atoms with Crippen LogP contribution in [0.5, 0.6) is 0 Å². The van der Waals surface area contributed by atoms with Crippen LogP contribution in [0.1, 0.15) is 207 Å². The minimum atomic E-state index is -0.808. The van der Waals surface area contributed by atoms with Crippen LogP contribution in [0.3, 0.4) is 0 Å². The van der Waals surface area contributed by atoms with Gasteiger partial charge in [0, 0.05) is 19.3 Å². The Morgan fingerprint density at radius 1 is 0.355 bits per heavy atom. The molecule has 0 N–H and O–H groups in total. The molecule has 1 atom stereocenters. The van der Waals surface area contributed by atoms with Gasteiger partial charge >= 0.3 is 17.9 Å². The Morgan fingerprint density at radius 3 is 1.21 bits per heavy atom. The van der Waals surface area contributed by atoms with E-state index in [9.17, 15) is 14.4 Å². The standard InChI is InChI=1S/C56H90O6/c1-4-7-10-13-16-19-22-25-28-31-34-37-40-43-46-49-55(58)61-52-53(51-60-54(57)48-45-42-39-36-33-30-27-24-21-18-15-12-9-6-3)62-56(59)50-47-44-41-38-35-32-29-26-23-20-17-14-11-8-5-2/h7,9-10,12-13,16,18-23,25,27-28,30-31,34,53H,4-6,8,11,14-15,17,24,26,29,32-33,35-52H2,1-3H3/b10-7-,12-9-,16-13-,21-18-,22-19-,23-20-,28-25-,30-27-,34-31-. The van der Waals surface area contributed by atoms with Crippen molar-refractivity contribution in [2.24, 2.45) is 0 Å². The third-order valence-corrected chi connectivity index (χ3v) is 10.1. The highest BCUT2D eigenvalue weighted by molar-refractivity contribution is 5.71. The summed E-state index contributed by atoms with van der Waals surface area (Å²) in [5.41, 5.74) is 0. The third kappa shape index (κ3) is 47.1. The van der Waals surface area contributed by atoms with Crippen molar-refractivity contribution in [3.8, 4) is 0 Å². The number of carbonyl (C=O) groups excluding carboxylic acids is 3. The average Bonchev–Trinajstić information content (AvgIpc) is 3.27. The van der Waals surface area contributed by atoms with Crippen LogP contribution in [0.4, 0.5) is 0 Å². The van der Waals surface area contributed by atoms with Crippen molar-refractivity contribution in [2.45, 2.75) is 213 Å². The first kappa shape index (κ1) is 58.1. The van der Waals surface area contributed by atoms with Gasteiger partial charge in [0.25, 0.3) is 0 Å². The molecular formula is C56H90O6. The number of esters is 3. The van der Waals surface area contributed by atoms with Crippen molar-refractivity contribution >= 4 is 17.9 Å². The van der Waals surface area contributed by atoms with Gasteiger partial charge in [-0.1, -0.05) is 201 Å². The lowest BCUT2D eigenvalue weighted by Crippen LogP contribution is -2.30. The molecule has 0 bridgehead atoms. The highest BCUT2D eigenvalue weighted by atomic mass is 16.6. The van der Waals surface area contributed by atoms with Gasteiger partial charge in [-0.15, -0.1) is 0 Å². The van der Waals surface area contributed by atoms with Crippen LogP contribution in [-0.4, -0.2) is 37.2 Å². The van der Waals surface area contributed by atoms with E-state index in [1.807, 2.05) is 48.6 Å². The molecule has 0 saturated heterocycles. The third-order valence-electron chi connectivity index (χ3n) is 10.1. The van der Waals surface area contributed by atoms with E-state index < -0.39 is 6.10 Å². The first-order valence-corrected chi connectivity index (χ1v) is 25.0. The molecule has 0 amide bonds. The van der Waals surface area contributed by atoms with Crippen LogP contribution in [0.25, 0.3) is 0 Å². The lowest BCUT2D eigenvalue weighted by atomic mass is 10.1. The van der Waals surface area contributed by atoms with Gasteiger partial charge in [-0.3, -0.25) is 14.4 Å². The number of hydrogen-bond acceptors (Lipinski definition) is 6. The van der Waals surface area contributed by atoms with Gasteiger partial charge in [-0.2, -0.15) is 0 Å². The van der Waals surface area contributed by atoms with Crippen LogP contribution >= 0.6 is 0 Å². The van der Waals surface area contributed by atoms with Gasteiger partial charge in [0.1, 0.15) is 13.2 Å². The van der Waals surface area contributed by atoms with Crippen molar-refractivity contribution < 1.29 is 28.6 Å². The maximum atomic E-state index is 12.8. The zero-order valence-electron chi connectivity index (χ0n) is 39.8. The number of unbranched alkanes of at least 4 members (excludes halogenated alkanes) is 18. The topological polar surface area (TPSA) is 78.9 Å². The second kappa shape index (κ2) is 49.7. The average molecular weight is 859 g/mol. The van der Waals surface area contributed by atoms with E-state index in [4.69, 9.17) is 14.2 Å². The normalized spacial score (nSPS) is 13.0.